The SMILES string of the molecule is CC[C@H]1OC(=O)C[C@@H](O)[C@H](C)[C@@H](OC2OC(C)C(OC3CC(C)(O)C(O)C(C)O3)C(N(C)C)C2O)C(CCO)C[C@H](C)C(=O)/C=C/C(C)=C/[C@@H]1COC1OC(C)C(O)C(O)C1O. The van der Waals surface area contributed by atoms with Gasteiger partial charge in [0.2, 0.25) is 0 Å². The summed E-state index contributed by atoms with van der Waals surface area (Å²) in [7, 11) is 3.51. The highest BCUT2D eigenvalue weighted by Crippen LogP contribution is 2.37. The predicted octanol–water partition coefficient (Wildman–Crippen LogP) is 0.319. The van der Waals surface area contributed by atoms with E-state index in [4.69, 9.17) is 33.2 Å². The van der Waals surface area contributed by atoms with E-state index in [2.05, 4.69) is 0 Å². The summed E-state index contributed by atoms with van der Waals surface area (Å²) in [6.07, 6.45) is -11.6. The van der Waals surface area contributed by atoms with Gasteiger partial charge in [-0.2, -0.15) is 0 Å². The number of hydrogen-bond acceptors (Lipinski definition) is 18. The maximum absolute atomic E-state index is 13.7. The van der Waals surface area contributed by atoms with Crippen LogP contribution in [0.3, 0.4) is 0 Å². The van der Waals surface area contributed by atoms with Crippen LogP contribution >= 0.6 is 0 Å². The maximum Gasteiger partial charge on any atom is 0.308 e. The van der Waals surface area contributed by atoms with E-state index in [1.165, 1.54) is 19.9 Å². The molecule has 8 N–H and O–H groups in total. The molecular weight excluding hydrogens is 814 g/mol. The quantitative estimate of drug-likeness (QED) is 0.130. The molecule has 0 radical (unpaired) electrons. The van der Waals surface area contributed by atoms with Gasteiger partial charge >= 0.3 is 5.97 Å². The fourth-order valence-corrected chi connectivity index (χ4v) is 9.12. The number of aliphatic hydroxyl groups excluding tert-OH is 7. The van der Waals surface area contributed by atoms with Crippen LogP contribution in [0, 0.1) is 23.7 Å². The largest absolute Gasteiger partial charge is 0.462 e. The van der Waals surface area contributed by atoms with Crippen molar-refractivity contribution in [1.82, 2.24) is 4.90 Å². The summed E-state index contributed by atoms with van der Waals surface area (Å²) in [5.74, 6) is -3.56. The van der Waals surface area contributed by atoms with Crippen LogP contribution in [0.5, 0.6) is 0 Å². The first-order valence-electron chi connectivity index (χ1n) is 22.1. The number of ether oxygens (including phenoxy) is 7. The minimum atomic E-state index is -1.55. The van der Waals surface area contributed by atoms with Crippen LogP contribution in [-0.4, -0.2) is 189 Å². The molecule has 3 fully saturated rings. The minimum Gasteiger partial charge on any atom is -0.462 e. The second-order valence-corrected chi connectivity index (χ2v) is 18.4. The Kier molecular flexibility index (Phi) is 19.5. The zero-order valence-corrected chi connectivity index (χ0v) is 37.9. The Bertz CT molecular complexity index is 1490. The van der Waals surface area contributed by atoms with Gasteiger partial charge in [-0.05, 0) is 80.0 Å². The van der Waals surface area contributed by atoms with Gasteiger partial charge in [0.05, 0.1) is 55.2 Å². The summed E-state index contributed by atoms with van der Waals surface area (Å²) in [5, 5.41) is 86.3. The molecule has 18 heteroatoms. The zero-order valence-electron chi connectivity index (χ0n) is 37.9. The minimum absolute atomic E-state index is 0.0360. The number of likely N-dealkylation sites (N-methyl/N-ethyl adjacent to an activating group) is 1. The predicted molar refractivity (Wildman–Crippen MR) is 222 cm³/mol. The summed E-state index contributed by atoms with van der Waals surface area (Å²) in [6, 6.07) is -0.741. The van der Waals surface area contributed by atoms with Crippen LogP contribution in [0.25, 0.3) is 0 Å². The van der Waals surface area contributed by atoms with Crippen molar-refractivity contribution in [3.8, 4) is 0 Å². The Labute approximate surface area is 365 Å². The molecule has 15 unspecified atom stereocenters. The van der Waals surface area contributed by atoms with Gasteiger partial charge in [0.15, 0.2) is 24.7 Å². The molecule has 4 heterocycles. The number of carbonyl (C=O) groups is 2. The Hall–Kier alpha value is -1.98. The van der Waals surface area contributed by atoms with Crippen LogP contribution in [0.1, 0.15) is 87.5 Å². The monoisotopic (exact) mass is 890 g/mol. The smallest absolute Gasteiger partial charge is 0.308 e. The first kappa shape index (κ1) is 52.6. The average Bonchev–Trinajstić information content (AvgIpc) is 3.20. The number of cyclic esters (lactones) is 1. The Morgan fingerprint density at radius 1 is 0.839 bits per heavy atom. The second-order valence-electron chi connectivity index (χ2n) is 18.4. The summed E-state index contributed by atoms with van der Waals surface area (Å²) in [5.41, 5.74) is -0.852. The van der Waals surface area contributed by atoms with E-state index in [0.717, 1.165) is 0 Å². The molecule has 4 rings (SSSR count). The first-order chi connectivity index (χ1) is 29.0. The van der Waals surface area contributed by atoms with Gasteiger partial charge in [-0.15, -0.1) is 0 Å². The van der Waals surface area contributed by atoms with Gasteiger partial charge in [-0.1, -0.05) is 38.5 Å². The fraction of sp³-hybridized carbons (Fsp3) is 0.864. The third-order valence-electron chi connectivity index (χ3n) is 13.0. The van der Waals surface area contributed by atoms with Crippen LogP contribution in [0.2, 0.25) is 0 Å². The lowest BCUT2D eigenvalue weighted by Gasteiger charge is -2.50. The molecule has 18 nitrogen and oxygen atoms in total. The molecule has 4 aliphatic heterocycles. The lowest BCUT2D eigenvalue weighted by atomic mass is 9.79. The molecule has 358 valence electrons. The third-order valence-corrected chi connectivity index (χ3v) is 13.0. The van der Waals surface area contributed by atoms with Gasteiger partial charge in [0.1, 0.15) is 42.7 Å². The van der Waals surface area contributed by atoms with E-state index >= 15 is 0 Å². The molecule has 3 saturated heterocycles. The molecule has 0 spiro atoms. The number of nitrogens with zero attached hydrogens (tertiary/aromatic N) is 1. The van der Waals surface area contributed by atoms with Crippen molar-refractivity contribution in [2.24, 2.45) is 23.7 Å². The van der Waals surface area contributed by atoms with Crippen molar-refractivity contribution in [2.75, 3.05) is 27.3 Å². The lowest BCUT2D eigenvalue weighted by Crippen LogP contribution is -2.65. The number of rotatable bonds is 11. The van der Waals surface area contributed by atoms with Crippen LogP contribution < -0.4 is 0 Å². The summed E-state index contributed by atoms with van der Waals surface area (Å²) in [4.78, 5) is 29.1. The number of esters is 1. The highest BCUT2D eigenvalue weighted by molar-refractivity contribution is 5.91. The average molecular weight is 890 g/mol. The molecule has 21 atom stereocenters. The van der Waals surface area contributed by atoms with Crippen molar-refractivity contribution in [3.63, 3.8) is 0 Å². The van der Waals surface area contributed by atoms with E-state index in [1.807, 2.05) is 0 Å². The van der Waals surface area contributed by atoms with Gasteiger partial charge in [-0.3, -0.25) is 9.59 Å². The number of hydrogen-bond donors (Lipinski definition) is 8. The molecule has 62 heavy (non-hydrogen) atoms. The van der Waals surface area contributed by atoms with Crippen molar-refractivity contribution in [3.05, 3.63) is 23.8 Å². The van der Waals surface area contributed by atoms with Crippen LogP contribution in [0.15, 0.2) is 23.8 Å². The first-order valence-corrected chi connectivity index (χ1v) is 22.1. The van der Waals surface area contributed by atoms with E-state index in [9.17, 15) is 50.4 Å². The fourth-order valence-electron chi connectivity index (χ4n) is 9.12. The molecule has 0 aromatic carbocycles. The highest BCUT2D eigenvalue weighted by atomic mass is 16.7. The normalized spacial score (nSPS) is 47.1. The summed E-state index contributed by atoms with van der Waals surface area (Å²) < 4.78 is 42.7. The van der Waals surface area contributed by atoms with Gasteiger partial charge in [-0.25, -0.2) is 0 Å². The second kappa shape index (κ2) is 23.0. The Morgan fingerprint density at radius 2 is 1.50 bits per heavy atom. The maximum atomic E-state index is 13.7. The topological polar surface area (TPSA) is 264 Å². The van der Waals surface area contributed by atoms with Gasteiger partial charge in [0.25, 0.3) is 0 Å². The third kappa shape index (κ3) is 13.1. The number of allylic oxidation sites excluding steroid dienone is 3. The van der Waals surface area contributed by atoms with Gasteiger partial charge in [0, 0.05) is 30.8 Å². The van der Waals surface area contributed by atoms with Crippen molar-refractivity contribution in [2.45, 2.75) is 191 Å². The van der Waals surface area contributed by atoms with Crippen molar-refractivity contribution < 1.29 is 83.6 Å². The van der Waals surface area contributed by atoms with E-state index in [0.29, 0.717) is 12.0 Å². The van der Waals surface area contributed by atoms with Crippen LogP contribution in [-0.2, 0) is 42.7 Å². The van der Waals surface area contributed by atoms with Crippen molar-refractivity contribution >= 4 is 11.8 Å². The molecule has 0 aliphatic carbocycles. The molecule has 0 bridgehead atoms. The molecule has 0 amide bonds. The Morgan fingerprint density at radius 3 is 2.11 bits per heavy atom. The van der Waals surface area contributed by atoms with E-state index in [-0.39, 0.29) is 38.3 Å². The Balaban J connectivity index is 1.61. The lowest BCUT2D eigenvalue weighted by molar-refractivity contribution is -0.342. The molecule has 0 aromatic rings. The number of ketones is 1. The number of aliphatic hydroxyl groups is 8. The highest BCUT2D eigenvalue weighted by Gasteiger charge is 2.51. The molecule has 0 saturated carbocycles. The molecule has 4 aliphatic rings. The van der Waals surface area contributed by atoms with Gasteiger partial charge < -0.3 is 78.9 Å². The molecular formula is C44H75NO17. The van der Waals surface area contributed by atoms with E-state index < -0.39 is 140 Å². The van der Waals surface area contributed by atoms with Crippen molar-refractivity contribution in [1.29, 1.82) is 0 Å². The molecule has 0 aromatic heterocycles. The standard InChI is InChI=1S/C44H75NO17/c1-11-31-28(20-56-42-38(53)37(52)35(50)24(5)58-42)16-21(2)12-13-29(47)22(3)17-27(14-15-46)39(23(4)30(48)18-32(49)60-31)62-43-36(51)34(45(9)10)40(25(6)59-43)61-33-19-44(8,55)41(54)26(7)57-33/h12-13,16,22-28,30-31,33-43,46,48,50-55H,11,14-15,17-20H2,1-10H3/b13-12+,21-16+/t22-,23-,24?,25?,26?,27?,28+,30+,31+,33?,34?,35?,36?,37?,38?,39+,40?,41?,42?,43?,44?/m0/s1. The zero-order chi connectivity index (χ0) is 46.4. The summed E-state index contributed by atoms with van der Waals surface area (Å²) in [6.45, 7) is 13.0. The van der Waals surface area contributed by atoms with Crippen LogP contribution in [0.4, 0.5) is 0 Å². The summed E-state index contributed by atoms with van der Waals surface area (Å²) >= 11 is 0. The van der Waals surface area contributed by atoms with E-state index in [1.54, 1.807) is 72.7 Å². The number of carbonyl (C=O) groups excluding carboxylic acids is 2.